The van der Waals surface area contributed by atoms with Gasteiger partial charge in [-0.1, -0.05) is 0 Å². The predicted molar refractivity (Wildman–Crippen MR) is 100 cm³/mol. The standard InChI is InChI=1S/C7H13N2.C6H11N2.2C2N3/c1-4-9-6-5-8(3)7(9)2;1-3-8-5-4-7(2)6-8;2*3-1-5-2-4/h5-6H,4H2,1-3H3;4-6H,3H2,1-2H3;;/q2*+1;2*-1. The van der Waals surface area contributed by atoms with Crippen LogP contribution in [0.25, 0.3) is 10.8 Å². The SMILES string of the molecule is CCn1cc[n+](C)c1.CCn1cc[n+](C)c1C.N#CN=C=[N-].N#CN=C=[N-]. The zero-order valence-electron chi connectivity index (χ0n) is 16.3. The molecule has 2 heterocycles. The largest absolute Gasteiger partial charge is 0.422 e. The highest BCUT2D eigenvalue weighted by Gasteiger charge is 2.04. The average molecular weight is 368 g/mol. The van der Waals surface area contributed by atoms with Crippen LogP contribution in [0, 0.1) is 29.8 Å². The molecule has 10 nitrogen and oxygen atoms in total. The maximum Gasteiger partial charge on any atom is 0.252 e. The molecule has 0 N–H and O–H groups in total. The number of rotatable bonds is 2. The molecule has 142 valence electrons. The minimum atomic E-state index is 1.06. The highest BCUT2D eigenvalue weighted by Crippen LogP contribution is 1.89. The van der Waals surface area contributed by atoms with Gasteiger partial charge in [-0.05, 0) is 13.8 Å². The van der Waals surface area contributed by atoms with Crippen LogP contribution in [0.2, 0.25) is 0 Å². The van der Waals surface area contributed by atoms with Crippen LogP contribution in [0.15, 0.2) is 41.1 Å². The van der Waals surface area contributed by atoms with Gasteiger partial charge in [0.05, 0.1) is 39.6 Å². The molecule has 2 aromatic heterocycles. The Hall–Kier alpha value is -3.84. The molecule has 27 heavy (non-hydrogen) atoms. The fraction of sp³-hybridized carbons (Fsp3) is 0.412. The molecule has 0 aromatic carbocycles. The minimum Gasteiger partial charge on any atom is -0.422 e. The van der Waals surface area contributed by atoms with Gasteiger partial charge in [-0.25, -0.2) is 18.3 Å². The first-order valence-corrected chi connectivity index (χ1v) is 7.89. The molecule has 2 aromatic rings. The summed E-state index contributed by atoms with van der Waals surface area (Å²) in [6.07, 6.45) is 12.9. The van der Waals surface area contributed by atoms with Crippen molar-refractivity contribution in [3.05, 3.63) is 47.8 Å². The molecule has 0 bridgehead atoms. The highest BCUT2D eigenvalue weighted by molar-refractivity contribution is 5.46. The topological polar surface area (TPSA) is 135 Å². The van der Waals surface area contributed by atoms with E-state index in [-0.39, 0.29) is 0 Å². The zero-order valence-corrected chi connectivity index (χ0v) is 16.3. The predicted octanol–water partition coefficient (Wildman–Crippen LogP) is 1.39. The summed E-state index contributed by atoms with van der Waals surface area (Å²) in [5.41, 5.74) is 0. The van der Waals surface area contributed by atoms with Gasteiger partial charge in [0.2, 0.25) is 6.33 Å². The summed E-state index contributed by atoms with van der Waals surface area (Å²) in [6.45, 7) is 8.50. The molecular weight excluding hydrogens is 344 g/mol. The van der Waals surface area contributed by atoms with Gasteiger partial charge in [0.25, 0.3) is 5.82 Å². The van der Waals surface area contributed by atoms with Crippen LogP contribution in [0.3, 0.4) is 0 Å². The Labute approximate surface area is 159 Å². The van der Waals surface area contributed by atoms with Crippen LogP contribution in [0.1, 0.15) is 19.7 Å². The fourth-order valence-corrected chi connectivity index (χ4v) is 1.67. The summed E-state index contributed by atoms with van der Waals surface area (Å²) >= 11 is 0. The number of aromatic nitrogens is 4. The van der Waals surface area contributed by atoms with Gasteiger partial charge in [-0.2, -0.15) is 10.5 Å². The number of hydrogen-bond acceptors (Lipinski definition) is 4. The highest BCUT2D eigenvalue weighted by atomic mass is 15.1. The van der Waals surface area contributed by atoms with Crippen molar-refractivity contribution in [1.29, 1.82) is 10.5 Å². The van der Waals surface area contributed by atoms with Gasteiger partial charge >= 0.3 is 0 Å². The molecule has 0 aliphatic rings. The molecule has 0 saturated carbocycles. The first kappa shape index (κ1) is 25.4. The lowest BCUT2D eigenvalue weighted by molar-refractivity contribution is -0.677. The van der Waals surface area contributed by atoms with Crippen LogP contribution in [0.4, 0.5) is 0 Å². The third-order valence-corrected chi connectivity index (χ3v) is 3.13. The van der Waals surface area contributed by atoms with Crippen molar-refractivity contribution in [2.75, 3.05) is 0 Å². The molecule has 0 radical (unpaired) electrons. The van der Waals surface area contributed by atoms with E-state index in [1.165, 1.54) is 30.2 Å². The molecule has 0 fully saturated rings. The van der Waals surface area contributed by atoms with Gasteiger partial charge in [0.1, 0.15) is 24.8 Å². The molecule has 0 unspecified atom stereocenters. The molecular formula is C17H24N10. The van der Waals surface area contributed by atoms with Crippen LogP contribution in [0.5, 0.6) is 0 Å². The van der Waals surface area contributed by atoms with Crippen LogP contribution in [-0.2, 0) is 27.2 Å². The van der Waals surface area contributed by atoms with Gasteiger partial charge < -0.3 is 20.8 Å². The Morgan fingerprint density at radius 3 is 1.70 bits per heavy atom. The van der Waals surface area contributed by atoms with E-state index in [2.05, 4.69) is 76.4 Å². The van der Waals surface area contributed by atoms with Gasteiger partial charge in [-0.15, -0.1) is 12.0 Å². The van der Waals surface area contributed by atoms with E-state index in [0.717, 1.165) is 13.1 Å². The second-order valence-electron chi connectivity index (χ2n) is 4.78. The number of aliphatic imine (C=N–C) groups is 2. The monoisotopic (exact) mass is 368 g/mol. The van der Waals surface area contributed by atoms with Crippen molar-refractivity contribution in [2.45, 2.75) is 33.9 Å². The first-order chi connectivity index (χ1) is 12.9. The smallest absolute Gasteiger partial charge is 0.252 e. The molecule has 0 saturated heterocycles. The summed E-state index contributed by atoms with van der Waals surface area (Å²) in [7, 11) is 4.08. The Bertz CT molecular complexity index is 806. The lowest BCUT2D eigenvalue weighted by Gasteiger charge is -1.90. The van der Waals surface area contributed by atoms with Crippen molar-refractivity contribution in [1.82, 2.24) is 9.13 Å². The average Bonchev–Trinajstić information content (AvgIpc) is 3.23. The van der Waals surface area contributed by atoms with E-state index in [0.29, 0.717) is 0 Å². The molecule has 10 heteroatoms. The van der Waals surface area contributed by atoms with Crippen molar-refractivity contribution in [3.63, 3.8) is 0 Å². The zero-order chi connectivity index (χ0) is 21.1. The van der Waals surface area contributed by atoms with E-state index < -0.39 is 0 Å². The molecule has 0 spiro atoms. The number of hydrogen-bond donors (Lipinski definition) is 0. The quantitative estimate of drug-likeness (QED) is 0.450. The molecule has 0 aliphatic carbocycles. The van der Waals surface area contributed by atoms with Crippen LogP contribution >= 0.6 is 0 Å². The second-order valence-corrected chi connectivity index (χ2v) is 4.78. The summed E-state index contributed by atoms with van der Waals surface area (Å²) in [6, 6.07) is 2.56. The summed E-state index contributed by atoms with van der Waals surface area (Å²) < 4.78 is 8.48. The normalized spacial score (nSPS) is 7.67. The van der Waals surface area contributed by atoms with E-state index >= 15 is 0 Å². The minimum absolute atomic E-state index is 1.06. The Morgan fingerprint density at radius 1 is 1.00 bits per heavy atom. The van der Waals surface area contributed by atoms with Crippen molar-refractivity contribution >= 4 is 12.0 Å². The fourth-order valence-electron chi connectivity index (χ4n) is 1.67. The summed E-state index contributed by atoms with van der Waals surface area (Å²) in [5.74, 6) is 1.30. The first-order valence-electron chi connectivity index (χ1n) is 7.89. The van der Waals surface area contributed by atoms with Crippen LogP contribution < -0.4 is 9.13 Å². The summed E-state index contributed by atoms with van der Waals surface area (Å²) in [5, 5.41) is 29.7. The molecule has 0 amide bonds. The van der Waals surface area contributed by atoms with Crippen molar-refractivity contribution in [2.24, 2.45) is 24.1 Å². The number of nitriles is 2. The maximum atomic E-state index is 7.43. The molecule has 0 aliphatic heterocycles. The van der Waals surface area contributed by atoms with E-state index in [9.17, 15) is 0 Å². The molecule has 0 atom stereocenters. The maximum absolute atomic E-state index is 7.43. The van der Waals surface area contributed by atoms with Crippen molar-refractivity contribution < 1.29 is 9.13 Å². The van der Waals surface area contributed by atoms with E-state index in [1.54, 1.807) is 0 Å². The summed E-state index contributed by atoms with van der Waals surface area (Å²) in [4.78, 5) is 5.17. The Kier molecular flexibility index (Phi) is 16.0. The second kappa shape index (κ2) is 17.0. The number of imidazole rings is 2. The van der Waals surface area contributed by atoms with Crippen molar-refractivity contribution in [3.8, 4) is 12.4 Å². The Morgan fingerprint density at radius 2 is 1.56 bits per heavy atom. The van der Waals surface area contributed by atoms with Gasteiger partial charge in [-0.3, -0.25) is 0 Å². The van der Waals surface area contributed by atoms with E-state index in [4.69, 9.17) is 21.3 Å². The van der Waals surface area contributed by atoms with Gasteiger partial charge in [0.15, 0.2) is 0 Å². The molecule has 2 rings (SSSR count). The number of aryl methyl sites for hydroxylation is 4. The Balaban J connectivity index is 0. The van der Waals surface area contributed by atoms with Crippen LogP contribution in [-0.4, -0.2) is 21.2 Å². The van der Waals surface area contributed by atoms with E-state index in [1.807, 2.05) is 17.8 Å². The lowest BCUT2D eigenvalue weighted by atomic mass is 10.6. The van der Waals surface area contributed by atoms with Gasteiger partial charge in [0, 0.05) is 6.92 Å². The lowest BCUT2D eigenvalue weighted by Crippen LogP contribution is -2.29. The number of nitrogens with zero attached hydrogens (tertiary/aromatic N) is 10. The third kappa shape index (κ3) is 13.2. The third-order valence-electron chi connectivity index (χ3n) is 3.13.